The van der Waals surface area contributed by atoms with Crippen LogP contribution in [0, 0.1) is 6.92 Å². The summed E-state index contributed by atoms with van der Waals surface area (Å²) in [5, 5.41) is 38.1. The molecule has 169 valence electrons. The molecule has 0 spiro atoms. The zero-order valence-corrected chi connectivity index (χ0v) is 18.8. The van der Waals surface area contributed by atoms with Gasteiger partial charge in [-0.3, -0.25) is 0 Å². The summed E-state index contributed by atoms with van der Waals surface area (Å²) in [7, 11) is 0. The summed E-state index contributed by atoms with van der Waals surface area (Å²) in [6.45, 7) is 1.74. The molecule has 2 aromatic carbocycles. The normalized spacial score (nSPS) is 11.1. The second kappa shape index (κ2) is 12.3. The van der Waals surface area contributed by atoms with Crippen LogP contribution in [0.4, 0.5) is 0 Å². The Morgan fingerprint density at radius 1 is 0.879 bits per heavy atom. The molecule has 1 N–H and O–H groups in total. The molecule has 2 aromatic heterocycles. The van der Waals surface area contributed by atoms with Crippen molar-refractivity contribution in [1.82, 2.24) is 9.78 Å². The number of hydrogen-bond donors (Lipinski definition) is 0. The van der Waals surface area contributed by atoms with E-state index < -0.39 is 5.90 Å². The predicted octanol–water partition coefficient (Wildman–Crippen LogP) is 1.39. The van der Waals surface area contributed by atoms with Crippen LogP contribution in [0.25, 0.3) is 5.69 Å². The van der Waals surface area contributed by atoms with Crippen LogP contribution in [-0.2, 0) is 29.5 Å². The molecule has 0 fully saturated rings. The Hall–Kier alpha value is -3.76. The Morgan fingerprint density at radius 2 is 1.48 bits per heavy atom. The molecular formula is C23H18N5O4V-5. The number of para-hydroxylation sites is 1. The van der Waals surface area contributed by atoms with Gasteiger partial charge >= 0.3 is 0 Å². The minimum absolute atomic E-state index is 0. The predicted molar refractivity (Wildman–Crippen MR) is 111 cm³/mol. The minimum atomic E-state index is -0.513. The van der Waals surface area contributed by atoms with Crippen molar-refractivity contribution in [3.8, 4) is 11.6 Å². The molecule has 0 aliphatic rings. The van der Waals surface area contributed by atoms with E-state index in [2.05, 4.69) is 20.3 Å². The van der Waals surface area contributed by atoms with E-state index in [1.807, 2.05) is 48.5 Å². The fourth-order valence-electron chi connectivity index (χ4n) is 3.05. The molecule has 1 radical (unpaired) electrons. The maximum atomic E-state index is 13.2. The van der Waals surface area contributed by atoms with Crippen molar-refractivity contribution in [2.45, 2.75) is 6.92 Å². The van der Waals surface area contributed by atoms with Crippen LogP contribution in [0.3, 0.4) is 0 Å². The van der Waals surface area contributed by atoms with E-state index in [9.17, 15) is 10.2 Å². The first-order valence-electron chi connectivity index (χ1n) is 9.32. The maximum Gasteiger partial charge on any atom is 0.175 e. The van der Waals surface area contributed by atoms with Gasteiger partial charge in [0.2, 0.25) is 0 Å². The Bertz CT molecular complexity index is 1210. The molecule has 0 atom stereocenters. The van der Waals surface area contributed by atoms with Crippen LogP contribution in [0.1, 0.15) is 22.4 Å². The third kappa shape index (κ3) is 5.94. The molecule has 0 aliphatic heterocycles. The largest absolute Gasteiger partial charge is 2.00 e. The molecule has 0 aliphatic carbocycles. The molecule has 0 saturated carbocycles. The first-order chi connectivity index (χ1) is 14.6. The number of rotatable bonds is 5. The fourth-order valence-corrected chi connectivity index (χ4v) is 3.05. The Morgan fingerprint density at radius 3 is 2.09 bits per heavy atom. The molecule has 0 amide bonds. The van der Waals surface area contributed by atoms with Gasteiger partial charge in [-0.15, -0.1) is 0 Å². The smallest absolute Gasteiger partial charge is 0.175 e. The minimum Gasteiger partial charge on any atom is -2.00 e. The van der Waals surface area contributed by atoms with Crippen molar-refractivity contribution in [2.24, 2.45) is 10.2 Å². The Labute approximate surface area is 202 Å². The summed E-state index contributed by atoms with van der Waals surface area (Å²) >= 11 is 0. The SMILES string of the molecule is Cc1nn(-c2ccccc2)c([O-])c1/C(=N/N=C(\[O-])c1ccc[nH+]c1)c1ccccc1.[O-2].[O-2].[V]. The second-order valence-electron chi connectivity index (χ2n) is 6.52. The van der Waals surface area contributed by atoms with Gasteiger partial charge < -0.3 is 21.2 Å². The standard InChI is InChI=1S/C23H19N5O2.2O.V/c1-16-20(23(30)28(27-16)19-12-6-3-7-13-19)21(17-9-4-2-5-10-17)25-26-22(29)18-11-8-14-24-15-18;;;/h2-15,30H,1H3,(H,26,29);;;/q;2*-2;/p-1/b25-21+;;;. The molecule has 0 saturated heterocycles. The second-order valence-corrected chi connectivity index (χ2v) is 6.52. The summed E-state index contributed by atoms with van der Waals surface area (Å²) < 4.78 is 1.33. The summed E-state index contributed by atoms with van der Waals surface area (Å²) in [5.74, 6) is -0.835. The zero-order chi connectivity index (χ0) is 20.9. The molecule has 4 aromatic rings. The number of H-pyrrole nitrogens is 1. The number of aryl methyl sites for hydroxylation is 1. The Kier molecular flexibility index (Phi) is 10.2. The van der Waals surface area contributed by atoms with Crippen molar-refractivity contribution in [2.75, 3.05) is 0 Å². The van der Waals surface area contributed by atoms with Gasteiger partial charge in [0, 0.05) is 47.5 Å². The molecular weight excluding hydrogens is 461 g/mol. The van der Waals surface area contributed by atoms with Gasteiger partial charge in [0.15, 0.2) is 12.4 Å². The van der Waals surface area contributed by atoms with Crippen LogP contribution in [0.5, 0.6) is 5.88 Å². The number of nitrogens with zero attached hydrogens (tertiary/aromatic N) is 4. The number of nitrogens with one attached hydrogen (secondary N) is 1. The van der Waals surface area contributed by atoms with Gasteiger partial charge in [0.1, 0.15) is 5.71 Å². The molecule has 10 heteroatoms. The maximum absolute atomic E-state index is 13.2. The Balaban J connectivity index is 0.00000181. The van der Waals surface area contributed by atoms with Crippen molar-refractivity contribution < 1.29 is 44.7 Å². The number of aromatic nitrogens is 3. The van der Waals surface area contributed by atoms with E-state index in [0.29, 0.717) is 33.8 Å². The van der Waals surface area contributed by atoms with Crippen LogP contribution >= 0.6 is 0 Å². The van der Waals surface area contributed by atoms with Crippen LogP contribution in [0.2, 0.25) is 0 Å². The first-order valence-corrected chi connectivity index (χ1v) is 9.32. The molecule has 2 heterocycles. The van der Waals surface area contributed by atoms with Crippen molar-refractivity contribution in [3.63, 3.8) is 0 Å². The topological polar surface area (TPSA) is 160 Å². The van der Waals surface area contributed by atoms with Gasteiger partial charge in [-0.1, -0.05) is 48.5 Å². The number of benzene rings is 2. The van der Waals surface area contributed by atoms with Gasteiger partial charge in [-0.05, 0) is 25.1 Å². The molecule has 0 unspecified atom stereocenters. The number of hydrogen-bond acceptors (Lipinski definition) is 5. The molecule has 0 bridgehead atoms. The third-order valence-corrected chi connectivity index (χ3v) is 4.50. The van der Waals surface area contributed by atoms with E-state index in [4.69, 9.17) is 0 Å². The average molecular weight is 479 g/mol. The summed E-state index contributed by atoms with van der Waals surface area (Å²) in [6.07, 6.45) is 3.24. The fraction of sp³-hybridized carbons (Fsp3) is 0.0435. The van der Waals surface area contributed by atoms with Gasteiger partial charge in [0.05, 0.1) is 16.9 Å². The van der Waals surface area contributed by atoms with Crippen molar-refractivity contribution in [1.29, 1.82) is 0 Å². The van der Waals surface area contributed by atoms with Gasteiger partial charge in [-0.2, -0.15) is 15.3 Å². The van der Waals surface area contributed by atoms with Gasteiger partial charge in [0.25, 0.3) is 0 Å². The van der Waals surface area contributed by atoms with Crippen molar-refractivity contribution >= 4 is 11.6 Å². The zero-order valence-electron chi connectivity index (χ0n) is 17.5. The van der Waals surface area contributed by atoms with Crippen molar-refractivity contribution in [3.05, 3.63) is 108 Å². The molecule has 4 rings (SSSR count). The number of aromatic amines is 1. The molecule has 9 nitrogen and oxygen atoms in total. The summed E-state index contributed by atoms with van der Waals surface area (Å²) in [6, 6.07) is 21.6. The van der Waals surface area contributed by atoms with E-state index in [0.717, 1.165) is 0 Å². The van der Waals surface area contributed by atoms with E-state index >= 15 is 0 Å². The van der Waals surface area contributed by atoms with E-state index in [1.165, 1.54) is 4.68 Å². The first kappa shape index (κ1) is 27.3. The quantitative estimate of drug-likeness (QED) is 0.241. The van der Waals surface area contributed by atoms with Crippen LogP contribution in [-0.4, -0.2) is 21.4 Å². The summed E-state index contributed by atoms with van der Waals surface area (Å²) in [4.78, 5) is 2.84. The average Bonchev–Trinajstić information content (AvgIpc) is 3.10. The molecule has 33 heavy (non-hydrogen) atoms. The van der Waals surface area contributed by atoms with Crippen LogP contribution < -0.4 is 15.2 Å². The number of pyridine rings is 1. The van der Waals surface area contributed by atoms with Crippen LogP contribution in [0.15, 0.2) is 95.4 Å². The van der Waals surface area contributed by atoms with Gasteiger partial charge in [-0.25, -0.2) is 9.67 Å². The monoisotopic (exact) mass is 479 g/mol. The van der Waals surface area contributed by atoms with E-state index in [1.54, 1.807) is 43.6 Å². The van der Waals surface area contributed by atoms with E-state index in [-0.39, 0.29) is 35.4 Å². The third-order valence-electron chi connectivity index (χ3n) is 4.50. The summed E-state index contributed by atoms with van der Waals surface area (Å²) in [5.41, 5.74) is 2.79.